The highest BCUT2D eigenvalue weighted by atomic mass is 16.5. The summed E-state index contributed by atoms with van der Waals surface area (Å²) in [6.45, 7) is 7.03. The first-order valence-corrected chi connectivity index (χ1v) is 14.4. The molecule has 0 amide bonds. The molecule has 0 bridgehead atoms. The van der Waals surface area contributed by atoms with E-state index in [9.17, 15) is 9.59 Å². The van der Waals surface area contributed by atoms with E-state index in [4.69, 9.17) is 9.47 Å². The highest BCUT2D eigenvalue weighted by molar-refractivity contribution is 6.08. The summed E-state index contributed by atoms with van der Waals surface area (Å²) >= 11 is 0. The lowest BCUT2D eigenvalue weighted by Crippen LogP contribution is -2.12. The number of unbranched alkanes of at least 4 members (excludes halogenated alkanes) is 5. The number of benzene rings is 4. The van der Waals surface area contributed by atoms with Crippen LogP contribution in [-0.4, -0.2) is 18.4 Å². The van der Waals surface area contributed by atoms with Gasteiger partial charge in [-0.25, -0.2) is 4.79 Å². The van der Waals surface area contributed by atoms with Crippen molar-refractivity contribution in [3.63, 3.8) is 0 Å². The summed E-state index contributed by atoms with van der Waals surface area (Å²) in [5.41, 5.74) is 1.17. The predicted molar refractivity (Wildman–Crippen MR) is 160 cm³/mol. The van der Waals surface area contributed by atoms with Crippen molar-refractivity contribution >= 4 is 33.3 Å². The van der Waals surface area contributed by atoms with Gasteiger partial charge in [-0.2, -0.15) is 0 Å². The van der Waals surface area contributed by atoms with Crippen molar-refractivity contribution in [1.82, 2.24) is 0 Å². The van der Waals surface area contributed by atoms with Crippen LogP contribution in [0.2, 0.25) is 0 Å². The van der Waals surface area contributed by atoms with Gasteiger partial charge in [0.25, 0.3) is 0 Å². The monoisotopic (exact) mass is 524 g/mol. The molecule has 0 fully saturated rings. The lowest BCUT2D eigenvalue weighted by molar-refractivity contribution is 0.0732. The summed E-state index contributed by atoms with van der Waals surface area (Å²) in [4.78, 5) is 26.1. The number of fused-ring (bicyclic) bond motifs is 2. The van der Waals surface area contributed by atoms with E-state index < -0.39 is 5.97 Å². The van der Waals surface area contributed by atoms with Crippen molar-refractivity contribution in [1.29, 1.82) is 0 Å². The molecule has 0 saturated carbocycles. The molecule has 0 radical (unpaired) electrons. The van der Waals surface area contributed by atoms with Gasteiger partial charge < -0.3 is 9.47 Å². The van der Waals surface area contributed by atoms with Crippen molar-refractivity contribution in [2.45, 2.75) is 72.1 Å². The molecule has 4 aromatic rings. The Morgan fingerprint density at radius 2 is 1.49 bits per heavy atom. The fraction of sp³-hybridized carbons (Fsp3) is 0.371. The molecule has 0 heterocycles. The molecule has 0 saturated heterocycles. The van der Waals surface area contributed by atoms with Crippen LogP contribution in [0.15, 0.2) is 72.8 Å². The van der Waals surface area contributed by atoms with Gasteiger partial charge in [0.1, 0.15) is 17.1 Å². The molecule has 4 heteroatoms. The maximum absolute atomic E-state index is 13.5. The van der Waals surface area contributed by atoms with Crippen molar-refractivity contribution in [2.75, 3.05) is 6.61 Å². The average molecular weight is 525 g/mol. The minimum Gasteiger partial charge on any atom is -0.493 e. The number of ketones is 1. The quantitative estimate of drug-likeness (QED) is 0.0713. The molecule has 4 rings (SSSR count). The van der Waals surface area contributed by atoms with Gasteiger partial charge in [0.15, 0.2) is 5.78 Å². The topological polar surface area (TPSA) is 52.6 Å². The maximum Gasteiger partial charge on any atom is 0.347 e. The molecule has 0 aliphatic heterocycles. The summed E-state index contributed by atoms with van der Waals surface area (Å²) < 4.78 is 12.0. The molecule has 0 atom stereocenters. The third kappa shape index (κ3) is 7.69. The van der Waals surface area contributed by atoms with Gasteiger partial charge in [0.05, 0.1) is 6.61 Å². The first-order valence-electron chi connectivity index (χ1n) is 14.4. The van der Waals surface area contributed by atoms with Gasteiger partial charge >= 0.3 is 5.97 Å². The highest BCUT2D eigenvalue weighted by Gasteiger charge is 2.19. The fourth-order valence-electron chi connectivity index (χ4n) is 4.83. The molecule has 0 aliphatic carbocycles. The number of carbonyl (C=O) groups is 2. The first kappa shape index (κ1) is 28.4. The summed E-state index contributed by atoms with van der Waals surface area (Å²) in [7, 11) is 0. The number of hydrogen-bond acceptors (Lipinski definition) is 4. The molecular formula is C35H40O4. The van der Waals surface area contributed by atoms with Crippen molar-refractivity contribution in [3.05, 3.63) is 83.9 Å². The zero-order chi connectivity index (χ0) is 27.6. The molecule has 204 valence electrons. The average Bonchev–Trinajstić information content (AvgIpc) is 2.94. The van der Waals surface area contributed by atoms with Crippen LogP contribution in [0.4, 0.5) is 0 Å². The summed E-state index contributed by atoms with van der Waals surface area (Å²) in [5, 5.41) is 3.63. The minimum atomic E-state index is -0.440. The number of Topliss-reactive ketones (excluding diaryl/α,β-unsaturated/α-hetero) is 1. The summed E-state index contributed by atoms with van der Waals surface area (Å²) in [6, 6.07) is 22.9. The van der Waals surface area contributed by atoms with E-state index in [0.29, 0.717) is 36.0 Å². The Morgan fingerprint density at radius 1 is 0.769 bits per heavy atom. The van der Waals surface area contributed by atoms with Crippen LogP contribution in [0, 0.1) is 5.92 Å². The van der Waals surface area contributed by atoms with Crippen LogP contribution >= 0.6 is 0 Å². The Bertz CT molecular complexity index is 1420. The Hall–Kier alpha value is -3.66. The van der Waals surface area contributed by atoms with Crippen molar-refractivity contribution in [2.24, 2.45) is 5.92 Å². The van der Waals surface area contributed by atoms with E-state index in [2.05, 4.69) is 20.8 Å². The standard InChI is InChI=1S/C35H40O4/c1-4-5-6-7-8-11-22-38-33-21-18-26-12-9-10-13-31(26)34(33)35(37)39-30-19-17-27-23-29(16-15-28(27)24-30)32(36)20-14-25(2)3/h9-10,12-13,15-19,21,23-25H,4-8,11,14,20,22H2,1-3H3. The van der Waals surface area contributed by atoms with Crippen LogP contribution < -0.4 is 9.47 Å². The molecule has 39 heavy (non-hydrogen) atoms. The first-order chi connectivity index (χ1) is 19.0. The Balaban J connectivity index is 1.50. The zero-order valence-electron chi connectivity index (χ0n) is 23.5. The number of rotatable bonds is 14. The predicted octanol–water partition coefficient (Wildman–Crippen LogP) is 9.57. The smallest absolute Gasteiger partial charge is 0.347 e. The molecule has 0 spiro atoms. The van der Waals surface area contributed by atoms with Crippen LogP contribution in [0.5, 0.6) is 11.5 Å². The van der Waals surface area contributed by atoms with E-state index in [0.717, 1.165) is 46.4 Å². The lowest BCUT2D eigenvalue weighted by Gasteiger charge is -2.14. The summed E-state index contributed by atoms with van der Waals surface area (Å²) in [6.07, 6.45) is 8.47. The number of ether oxygens (including phenoxy) is 2. The lowest BCUT2D eigenvalue weighted by atomic mass is 9.99. The third-order valence-corrected chi connectivity index (χ3v) is 7.14. The third-order valence-electron chi connectivity index (χ3n) is 7.14. The maximum atomic E-state index is 13.5. The van der Waals surface area contributed by atoms with Crippen LogP contribution in [0.25, 0.3) is 21.5 Å². The molecule has 4 aromatic carbocycles. The van der Waals surface area contributed by atoms with E-state index in [-0.39, 0.29) is 5.78 Å². The van der Waals surface area contributed by atoms with Gasteiger partial charge in [0.2, 0.25) is 0 Å². The molecule has 0 unspecified atom stereocenters. The Labute approximate surface area is 232 Å². The second-order valence-electron chi connectivity index (χ2n) is 10.7. The van der Waals surface area contributed by atoms with E-state index >= 15 is 0 Å². The second-order valence-corrected chi connectivity index (χ2v) is 10.7. The Kier molecular flexibility index (Phi) is 10.1. The largest absolute Gasteiger partial charge is 0.493 e. The number of hydrogen-bond donors (Lipinski definition) is 0. The minimum absolute atomic E-state index is 0.158. The van der Waals surface area contributed by atoms with E-state index in [1.165, 1.54) is 25.7 Å². The van der Waals surface area contributed by atoms with Crippen LogP contribution in [-0.2, 0) is 0 Å². The van der Waals surface area contributed by atoms with Crippen molar-refractivity contribution in [3.8, 4) is 11.5 Å². The zero-order valence-corrected chi connectivity index (χ0v) is 23.5. The van der Waals surface area contributed by atoms with E-state index in [1.54, 1.807) is 6.07 Å². The molecular weight excluding hydrogens is 484 g/mol. The van der Waals surface area contributed by atoms with Gasteiger partial charge in [0, 0.05) is 12.0 Å². The van der Waals surface area contributed by atoms with Crippen LogP contribution in [0.3, 0.4) is 0 Å². The second kappa shape index (κ2) is 13.9. The summed E-state index contributed by atoms with van der Waals surface area (Å²) in [5.74, 6) is 1.23. The van der Waals surface area contributed by atoms with Gasteiger partial charge in [-0.3, -0.25) is 4.79 Å². The van der Waals surface area contributed by atoms with Crippen molar-refractivity contribution < 1.29 is 19.1 Å². The molecule has 0 aromatic heterocycles. The normalized spacial score (nSPS) is 11.3. The fourth-order valence-corrected chi connectivity index (χ4v) is 4.83. The van der Waals surface area contributed by atoms with Gasteiger partial charge in [-0.05, 0) is 64.6 Å². The molecule has 4 nitrogen and oxygen atoms in total. The van der Waals surface area contributed by atoms with Gasteiger partial charge in [-0.1, -0.05) is 101 Å². The molecule has 0 aliphatic rings. The highest BCUT2D eigenvalue weighted by Crippen LogP contribution is 2.31. The number of carbonyl (C=O) groups excluding carboxylic acids is 2. The molecule has 0 N–H and O–H groups in total. The SMILES string of the molecule is CCCCCCCCOc1ccc2ccccc2c1C(=O)Oc1ccc2cc(C(=O)CCC(C)C)ccc2c1. The van der Waals surface area contributed by atoms with Gasteiger partial charge in [-0.15, -0.1) is 0 Å². The number of esters is 1. The Morgan fingerprint density at radius 3 is 2.31 bits per heavy atom. The van der Waals surface area contributed by atoms with Crippen LogP contribution in [0.1, 0.15) is 92.9 Å². The van der Waals surface area contributed by atoms with E-state index in [1.807, 2.05) is 66.7 Å².